The summed E-state index contributed by atoms with van der Waals surface area (Å²) in [7, 11) is 1.45. The van der Waals surface area contributed by atoms with Gasteiger partial charge in [-0.25, -0.2) is 4.79 Å². The number of hydrogen-bond donors (Lipinski definition) is 1. The molecule has 0 saturated carbocycles. The normalized spacial score (nSPS) is 12.9. The molecular weight excluding hydrogens is 284 g/mol. The highest BCUT2D eigenvalue weighted by Gasteiger charge is 2.15. The number of allylic oxidation sites excluding steroid dienone is 2. The van der Waals surface area contributed by atoms with Crippen LogP contribution in [0.25, 0.3) is 0 Å². The van der Waals surface area contributed by atoms with Crippen molar-refractivity contribution in [1.29, 1.82) is 0 Å². The van der Waals surface area contributed by atoms with Gasteiger partial charge in [0.15, 0.2) is 5.44 Å². The van der Waals surface area contributed by atoms with Gasteiger partial charge in [-0.15, -0.1) is 11.8 Å². The predicted octanol–water partition coefficient (Wildman–Crippen LogP) is 5.25. The molecule has 1 atom stereocenters. The zero-order valence-electron chi connectivity index (χ0n) is 13.7. The first-order valence-electron chi connectivity index (χ1n) is 8.20. The fourth-order valence-corrected chi connectivity index (χ4v) is 3.06. The van der Waals surface area contributed by atoms with Crippen LogP contribution in [0.3, 0.4) is 0 Å². The molecule has 0 saturated heterocycles. The topological polar surface area (TPSA) is 46.5 Å². The van der Waals surface area contributed by atoms with Crippen LogP contribution in [0.1, 0.15) is 71.1 Å². The number of methoxy groups -OCH3 is 1. The highest BCUT2D eigenvalue weighted by Crippen LogP contribution is 2.16. The van der Waals surface area contributed by atoms with Crippen LogP contribution in [0.15, 0.2) is 12.2 Å². The standard InChI is InChI=1S/C17H32O3S/c1-3-4-5-6-7-8-9-10-11-12-13-14-15-21-17(20-2)16(18)19/h3-4,17H,5-15H2,1-2H3,(H,18,19). The van der Waals surface area contributed by atoms with Gasteiger partial charge in [-0.2, -0.15) is 0 Å². The van der Waals surface area contributed by atoms with E-state index in [0.29, 0.717) is 0 Å². The average molecular weight is 317 g/mol. The summed E-state index contributed by atoms with van der Waals surface area (Å²) in [5.41, 5.74) is -0.701. The third kappa shape index (κ3) is 14.2. The molecule has 0 bridgehead atoms. The Morgan fingerprint density at radius 1 is 1.05 bits per heavy atom. The molecule has 0 rings (SSSR count). The molecule has 1 N–H and O–H groups in total. The van der Waals surface area contributed by atoms with Crippen molar-refractivity contribution < 1.29 is 14.6 Å². The number of carboxylic acids is 1. The quantitative estimate of drug-likeness (QED) is 0.254. The lowest BCUT2D eigenvalue weighted by atomic mass is 10.1. The maximum atomic E-state index is 10.7. The lowest BCUT2D eigenvalue weighted by molar-refractivity contribution is -0.143. The summed E-state index contributed by atoms with van der Waals surface area (Å²) in [4.78, 5) is 10.7. The maximum absolute atomic E-state index is 10.7. The van der Waals surface area contributed by atoms with Crippen molar-refractivity contribution in [2.75, 3.05) is 12.9 Å². The summed E-state index contributed by atoms with van der Waals surface area (Å²) in [6, 6.07) is 0. The van der Waals surface area contributed by atoms with Crippen molar-refractivity contribution >= 4 is 17.7 Å². The van der Waals surface area contributed by atoms with Crippen LogP contribution >= 0.6 is 11.8 Å². The first-order valence-corrected chi connectivity index (χ1v) is 9.25. The number of unbranched alkanes of at least 4 members (excludes halogenated alkanes) is 9. The van der Waals surface area contributed by atoms with E-state index in [0.717, 1.165) is 12.2 Å². The van der Waals surface area contributed by atoms with Crippen LogP contribution in [0.5, 0.6) is 0 Å². The Labute approximate surface area is 134 Å². The van der Waals surface area contributed by atoms with Gasteiger partial charge in [0.25, 0.3) is 0 Å². The van der Waals surface area contributed by atoms with Gasteiger partial charge in [0.2, 0.25) is 0 Å². The first kappa shape index (κ1) is 20.5. The molecule has 1 unspecified atom stereocenters. The van der Waals surface area contributed by atoms with Crippen LogP contribution in [-0.2, 0) is 9.53 Å². The lowest BCUT2D eigenvalue weighted by Crippen LogP contribution is -2.18. The summed E-state index contributed by atoms with van der Waals surface area (Å²) >= 11 is 1.38. The molecule has 0 aromatic carbocycles. The molecule has 4 heteroatoms. The van der Waals surface area contributed by atoms with Gasteiger partial charge in [-0.3, -0.25) is 0 Å². The minimum absolute atomic E-state index is 0.701. The van der Waals surface area contributed by atoms with E-state index in [9.17, 15) is 4.79 Å². The maximum Gasteiger partial charge on any atom is 0.343 e. The summed E-state index contributed by atoms with van der Waals surface area (Å²) in [6.07, 6.45) is 17.2. The third-order valence-corrected chi connectivity index (χ3v) is 4.66. The van der Waals surface area contributed by atoms with E-state index < -0.39 is 11.4 Å². The van der Waals surface area contributed by atoms with Gasteiger partial charge in [0.05, 0.1) is 0 Å². The Morgan fingerprint density at radius 2 is 1.57 bits per heavy atom. The Morgan fingerprint density at radius 3 is 2.05 bits per heavy atom. The minimum Gasteiger partial charge on any atom is -0.479 e. The molecule has 0 heterocycles. The second kappa shape index (κ2) is 15.9. The van der Waals surface area contributed by atoms with Gasteiger partial charge >= 0.3 is 5.97 Å². The number of hydrogen-bond acceptors (Lipinski definition) is 3. The second-order valence-corrected chi connectivity index (χ2v) is 6.49. The SMILES string of the molecule is CC=CCCCCCCCCCCCSC(OC)C(=O)O. The zero-order valence-corrected chi connectivity index (χ0v) is 14.5. The number of carboxylic acid groups (broad SMARTS) is 1. The second-order valence-electron chi connectivity index (χ2n) is 5.32. The summed E-state index contributed by atoms with van der Waals surface area (Å²) in [5.74, 6) is -0.00706. The molecule has 0 amide bonds. The number of rotatable bonds is 15. The van der Waals surface area contributed by atoms with Crippen molar-refractivity contribution in [3.05, 3.63) is 12.2 Å². The average Bonchev–Trinajstić information content (AvgIpc) is 2.47. The molecule has 0 radical (unpaired) electrons. The van der Waals surface area contributed by atoms with Crippen molar-refractivity contribution in [2.45, 2.75) is 76.6 Å². The number of thioether (sulfide) groups is 1. The highest BCUT2D eigenvalue weighted by molar-refractivity contribution is 8.00. The fourth-order valence-electron chi connectivity index (χ4n) is 2.20. The first-order chi connectivity index (χ1) is 10.2. The monoisotopic (exact) mass is 316 g/mol. The van der Waals surface area contributed by atoms with E-state index in [1.54, 1.807) is 0 Å². The molecule has 3 nitrogen and oxygen atoms in total. The van der Waals surface area contributed by atoms with E-state index in [1.165, 1.54) is 76.7 Å². The van der Waals surface area contributed by atoms with Crippen LogP contribution in [-0.4, -0.2) is 29.4 Å². The van der Waals surface area contributed by atoms with E-state index in [1.807, 2.05) is 0 Å². The predicted molar refractivity (Wildman–Crippen MR) is 91.9 cm³/mol. The van der Waals surface area contributed by atoms with E-state index in [2.05, 4.69) is 19.1 Å². The molecule has 0 aromatic rings. The molecular formula is C17H32O3S. The molecule has 124 valence electrons. The molecule has 21 heavy (non-hydrogen) atoms. The van der Waals surface area contributed by atoms with Gasteiger partial charge in [-0.05, 0) is 31.9 Å². The molecule has 0 aliphatic carbocycles. The number of aliphatic carboxylic acids is 1. The largest absolute Gasteiger partial charge is 0.479 e. The van der Waals surface area contributed by atoms with Crippen molar-refractivity contribution in [1.82, 2.24) is 0 Å². The number of carbonyl (C=O) groups is 1. The minimum atomic E-state index is -0.878. The van der Waals surface area contributed by atoms with Gasteiger partial charge in [-0.1, -0.05) is 57.1 Å². The highest BCUT2D eigenvalue weighted by atomic mass is 32.2. The van der Waals surface area contributed by atoms with Crippen molar-refractivity contribution in [3.63, 3.8) is 0 Å². The summed E-state index contributed by atoms with van der Waals surface area (Å²) < 4.78 is 4.88. The van der Waals surface area contributed by atoms with Crippen LogP contribution < -0.4 is 0 Å². The Kier molecular flexibility index (Phi) is 15.5. The van der Waals surface area contributed by atoms with Crippen molar-refractivity contribution in [3.8, 4) is 0 Å². The molecule has 0 aliphatic heterocycles. The van der Waals surface area contributed by atoms with Gasteiger partial charge in [0, 0.05) is 7.11 Å². The fraction of sp³-hybridized carbons (Fsp3) is 0.824. The molecule has 0 aliphatic rings. The molecule has 0 aromatic heterocycles. The van der Waals surface area contributed by atoms with Crippen molar-refractivity contribution in [2.24, 2.45) is 0 Å². The smallest absolute Gasteiger partial charge is 0.343 e. The van der Waals surface area contributed by atoms with Gasteiger partial charge < -0.3 is 9.84 Å². The Bertz CT molecular complexity index is 267. The third-order valence-electron chi connectivity index (χ3n) is 3.44. The molecule has 0 fully saturated rings. The Hall–Kier alpha value is -0.480. The summed E-state index contributed by atoms with van der Waals surface area (Å²) in [6.45, 7) is 2.08. The number of ether oxygens (including phenoxy) is 1. The van der Waals surface area contributed by atoms with E-state index in [-0.39, 0.29) is 0 Å². The van der Waals surface area contributed by atoms with Crippen LogP contribution in [0.4, 0.5) is 0 Å². The Balaban J connectivity index is 3.17. The van der Waals surface area contributed by atoms with Crippen LogP contribution in [0.2, 0.25) is 0 Å². The van der Waals surface area contributed by atoms with E-state index >= 15 is 0 Å². The van der Waals surface area contributed by atoms with Crippen LogP contribution in [0, 0.1) is 0 Å². The van der Waals surface area contributed by atoms with Gasteiger partial charge in [0.1, 0.15) is 0 Å². The molecule has 0 spiro atoms. The zero-order chi connectivity index (χ0) is 15.8. The summed E-state index contributed by atoms with van der Waals surface area (Å²) in [5, 5.41) is 8.81. The lowest BCUT2D eigenvalue weighted by Gasteiger charge is -2.09. The van der Waals surface area contributed by atoms with E-state index in [4.69, 9.17) is 9.84 Å².